The lowest BCUT2D eigenvalue weighted by Crippen LogP contribution is -2.43. The van der Waals surface area contributed by atoms with E-state index in [2.05, 4.69) is 21.2 Å². The number of carboxylic acid groups (broad SMARTS) is 1. The molecule has 0 aliphatic carbocycles. The first-order valence-corrected chi connectivity index (χ1v) is 8.14. The van der Waals surface area contributed by atoms with E-state index in [1.165, 1.54) is 18.2 Å². The van der Waals surface area contributed by atoms with Gasteiger partial charge < -0.3 is 10.4 Å². The fraction of sp³-hybridized carbons (Fsp3) is 0.176. The van der Waals surface area contributed by atoms with Crippen LogP contribution in [-0.2, 0) is 22.4 Å². The molecular weight excluding hydrogens is 392 g/mol. The number of hydrogen-bond donors (Lipinski definition) is 2. The Morgan fingerprint density at radius 2 is 1.84 bits per heavy atom. The predicted octanol–water partition coefficient (Wildman–Crippen LogP) is 2.71. The largest absolute Gasteiger partial charge is 0.480 e. The Morgan fingerprint density at radius 1 is 1.16 bits per heavy atom. The number of nitrogens with one attached hydrogen (secondary N) is 1. The molecule has 7 nitrogen and oxygen atoms in total. The van der Waals surface area contributed by atoms with Gasteiger partial charge in [0.15, 0.2) is 0 Å². The van der Waals surface area contributed by atoms with Crippen LogP contribution in [0.5, 0.6) is 0 Å². The van der Waals surface area contributed by atoms with Crippen LogP contribution in [0.1, 0.15) is 11.1 Å². The third-order valence-corrected chi connectivity index (χ3v) is 4.00. The molecule has 0 saturated heterocycles. The first-order chi connectivity index (χ1) is 11.8. The van der Waals surface area contributed by atoms with E-state index in [0.717, 1.165) is 10.0 Å². The summed E-state index contributed by atoms with van der Waals surface area (Å²) in [6.07, 6.45) is 0.00902. The number of nitro groups is 1. The molecule has 2 aromatic carbocycles. The van der Waals surface area contributed by atoms with Crippen LogP contribution in [0.3, 0.4) is 0 Å². The molecule has 2 aromatic rings. The second kappa shape index (κ2) is 8.39. The molecule has 0 aliphatic rings. The number of nitro benzene ring substituents is 1. The van der Waals surface area contributed by atoms with Crippen LogP contribution < -0.4 is 5.32 Å². The average Bonchev–Trinajstić information content (AvgIpc) is 2.56. The monoisotopic (exact) mass is 406 g/mol. The Labute approximate surface area is 152 Å². The van der Waals surface area contributed by atoms with E-state index in [1.807, 2.05) is 0 Å². The number of hydrogen-bond acceptors (Lipinski definition) is 4. The molecule has 1 atom stereocenters. The van der Waals surface area contributed by atoms with Gasteiger partial charge in [0, 0.05) is 23.0 Å². The summed E-state index contributed by atoms with van der Waals surface area (Å²) in [6.45, 7) is 0. The highest BCUT2D eigenvalue weighted by Crippen LogP contribution is 2.14. The lowest BCUT2D eigenvalue weighted by atomic mass is 10.1. The van der Waals surface area contributed by atoms with E-state index in [9.17, 15) is 24.8 Å². The van der Waals surface area contributed by atoms with Crippen molar-refractivity contribution in [2.75, 3.05) is 0 Å². The summed E-state index contributed by atoms with van der Waals surface area (Å²) in [6, 6.07) is 11.7. The standard InChI is InChI=1S/C17H15BrN2O5/c18-13-6-4-11(5-7-13)9-15(17(22)23)19-16(21)10-12-2-1-3-14(8-12)20(24)25/h1-8,15H,9-10H2,(H,19,21)(H,22,23)/t15-/m1/s1. The Bertz CT molecular complexity index is 792. The zero-order valence-corrected chi connectivity index (χ0v) is 14.6. The van der Waals surface area contributed by atoms with Gasteiger partial charge in [-0.25, -0.2) is 4.79 Å². The number of carbonyl (C=O) groups is 2. The van der Waals surface area contributed by atoms with Gasteiger partial charge in [0.25, 0.3) is 5.69 Å². The van der Waals surface area contributed by atoms with E-state index in [0.29, 0.717) is 5.56 Å². The predicted molar refractivity (Wildman–Crippen MR) is 94.2 cm³/mol. The SMILES string of the molecule is O=C(Cc1cccc([N+](=O)[O-])c1)N[C@H](Cc1ccc(Br)cc1)C(=O)O. The van der Waals surface area contributed by atoms with E-state index in [4.69, 9.17) is 0 Å². The van der Waals surface area contributed by atoms with Gasteiger partial charge in [-0.2, -0.15) is 0 Å². The summed E-state index contributed by atoms with van der Waals surface area (Å²) in [5.74, 6) is -1.65. The van der Waals surface area contributed by atoms with Crippen LogP contribution in [0.2, 0.25) is 0 Å². The maximum Gasteiger partial charge on any atom is 0.326 e. The Hall–Kier alpha value is -2.74. The quantitative estimate of drug-likeness (QED) is 0.542. The van der Waals surface area contributed by atoms with Crippen molar-refractivity contribution < 1.29 is 19.6 Å². The van der Waals surface area contributed by atoms with Crippen LogP contribution in [0.4, 0.5) is 5.69 Å². The Morgan fingerprint density at radius 3 is 2.44 bits per heavy atom. The third kappa shape index (κ3) is 5.68. The van der Waals surface area contributed by atoms with Gasteiger partial charge in [-0.15, -0.1) is 0 Å². The van der Waals surface area contributed by atoms with E-state index < -0.39 is 22.8 Å². The number of non-ortho nitro benzene ring substituents is 1. The van der Waals surface area contributed by atoms with Crippen molar-refractivity contribution in [1.29, 1.82) is 0 Å². The maximum absolute atomic E-state index is 12.1. The Kier molecular flexibility index (Phi) is 6.24. The summed E-state index contributed by atoms with van der Waals surface area (Å²) in [4.78, 5) is 33.7. The molecule has 0 bridgehead atoms. The van der Waals surface area contributed by atoms with Crippen LogP contribution >= 0.6 is 15.9 Å². The molecule has 0 aromatic heterocycles. The summed E-state index contributed by atoms with van der Waals surface area (Å²) in [5, 5.41) is 22.5. The summed E-state index contributed by atoms with van der Waals surface area (Å²) in [7, 11) is 0. The van der Waals surface area contributed by atoms with Crippen molar-refractivity contribution in [3.63, 3.8) is 0 Å². The number of benzene rings is 2. The number of carboxylic acids is 1. The lowest BCUT2D eigenvalue weighted by Gasteiger charge is -2.15. The fourth-order valence-electron chi connectivity index (χ4n) is 2.27. The molecule has 0 aliphatic heterocycles. The van der Waals surface area contributed by atoms with E-state index >= 15 is 0 Å². The number of carbonyl (C=O) groups excluding carboxylic acids is 1. The number of halogens is 1. The van der Waals surface area contributed by atoms with Crippen molar-refractivity contribution >= 4 is 33.5 Å². The number of amides is 1. The molecule has 0 unspecified atom stereocenters. The minimum atomic E-state index is -1.14. The van der Waals surface area contributed by atoms with E-state index in [1.54, 1.807) is 30.3 Å². The van der Waals surface area contributed by atoms with Gasteiger partial charge in [-0.1, -0.05) is 40.2 Å². The highest BCUT2D eigenvalue weighted by molar-refractivity contribution is 9.10. The molecule has 2 N–H and O–H groups in total. The first-order valence-electron chi connectivity index (χ1n) is 7.35. The molecule has 2 rings (SSSR count). The highest BCUT2D eigenvalue weighted by Gasteiger charge is 2.21. The fourth-order valence-corrected chi connectivity index (χ4v) is 2.53. The van der Waals surface area contributed by atoms with Gasteiger partial charge in [0.2, 0.25) is 5.91 Å². The third-order valence-electron chi connectivity index (χ3n) is 3.47. The molecule has 1 amide bonds. The number of rotatable bonds is 7. The van der Waals surface area contributed by atoms with Crippen molar-refractivity contribution in [1.82, 2.24) is 5.32 Å². The van der Waals surface area contributed by atoms with Crippen molar-refractivity contribution in [2.24, 2.45) is 0 Å². The second-order valence-corrected chi connectivity index (χ2v) is 6.31. The zero-order chi connectivity index (χ0) is 18.4. The van der Waals surface area contributed by atoms with Crippen LogP contribution in [0, 0.1) is 10.1 Å². The second-order valence-electron chi connectivity index (χ2n) is 5.39. The zero-order valence-electron chi connectivity index (χ0n) is 13.0. The van der Waals surface area contributed by atoms with Gasteiger partial charge >= 0.3 is 5.97 Å². The van der Waals surface area contributed by atoms with Gasteiger partial charge in [-0.05, 0) is 23.3 Å². The number of aliphatic carboxylic acids is 1. The minimum absolute atomic E-state index is 0.116. The minimum Gasteiger partial charge on any atom is -0.480 e. The lowest BCUT2D eigenvalue weighted by molar-refractivity contribution is -0.384. The molecule has 0 spiro atoms. The van der Waals surface area contributed by atoms with E-state index in [-0.39, 0.29) is 18.5 Å². The maximum atomic E-state index is 12.1. The number of nitrogens with zero attached hydrogens (tertiary/aromatic N) is 1. The van der Waals surface area contributed by atoms with Crippen LogP contribution in [-0.4, -0.2) is 27.9 Å². The van der Waals surface area contributed by atoms with Gasteiger partial charge in [-0.3, -0.25) is 14.9 Å². The molecule has 0 heterocycles. The van der Waals surface area contributed by atoms with Crippen LogP contribution in [0.15, 0.2) is 53.0 Å². The van der Waals surface area contributed by atoms with Crippen molar-refractivity contribution in [3.8, 4) is 0 Å². The molecular formula is C17H15BrN2O5. The average molecular weight is 407 g/mol. The first kappa shape index (κ1) is 18.6. The van der Waals surface area contributed by atoms with Crippen LogP contribution in [0.25, 0.3) is 0 Å². The van der Waals surface area contributed by atoms with Gasteiger partial charge in [0.05, 0.1) is 11.3 Å². The topological polar surface area (TPSA) is 110 Å². The highest BCUT2D eigenvalue weighted by atomic mass is 79.9. The molecule has 0 radical (unpaired) electrons. The molecule has 0 fully saturated rings. The smallest absolute Gasteiger partial charge is 0.326 e. The summed E-state index contributed by atoms with van der Waals surface area (Å²) in [5.41, 5.74) is 1.10. The Balaban J connectivity index is 2.02. The molecule has 8 heteroatoms. The molecule has 0 saturated carbocycles. The summed E-state index contributed by atoms with van der Waals surface area (Å²) < 4.78 is 0.873. The van der Waals surface area contributed by atoms with Crippen molar-refractivity contribution in [2.45, 2.75) is 18.9 Å². The van der Waals surface area contributed by atoms with Gasteiger partial charge in [0.1, 0.15) is 6.04 Å². The normalized spacial score (nSPS) is 11.6. The summed E-state index contributed by atoms with van der Waals surface area (Å²) >= 11 is 3.30. The van der Waals surface area contributed by atoms with Crippen molar-refractivity contribution in [3.05, 3.63) is 74.2 Å². The molecule has 130 valence electrons. The molecule has 25 heavy (non-hydrogen) atoms.